The van der Waals surface area contributed by atoms with Crippen molar-refractivity contribution in [3.05, 3.63) is 52.1 Å². The van der Waals surface area contributed by atoms with Gasteiger partial charge in [-0.3, -0.25) is 0 Å². The van der Waals surface area contributed by atoms with Gasteiger partial charge in [-0.05, 0) is 24.3 Å². The van der Waals surface area contributed by atoms with Crippen molar-refractivity contribution in [2.75, 3.05) is 5.73 Å². The van der Waals surface area contributed by atoms with Gasteiger partial charge in [-0.1, -0.05) is 29.3 Å². The molecule has 17 heavy (non-hydrogen) atoms. The van der Waals surface area contributed by atoms with Crippen molar-refractivity contribution < 1.29 is 4.74 Å². The Morgan fingerprint density at radius 2 is 2.00 bits per heavy atom. The lowest BCUT2D eigenvalue weighted by Crippen LogP contribution is -1.98. The molecule has 0 amide bonds. The number of halogens is 2. The van der Waals surface area contributed by atoms with Gasteiger partial charge >= 0.3 is 0 Å². The first kappa shape index (κ1) is 12.0. The van der Waals surface area contributed by atoms with Crippen molar-refractivity contribution in [1.29, 1.82) is 0 Å². The Bertz CT molecular complexity index is 514. The maximum absolute atomic E-state index is 5.98. The lowest BCUT2D eigenvalue weighted by atomic mass is 10.3. The maximum Gasteiger partial charge on any atom is 0.138 e. The number of anilines is 1. The lowest BCUT2D eigenvalue weighted by molar-refractivity contribution is 0.306. The van der Waals surface area contributed by atoms with E-state index < -0.39 is 0 Å². The summed E-state index contributed by atoms with van der Waals surface area (Å²) in [7, 11) is 0. The molecule has 5 heteroatoms. The van der Waals surface area contributed by atoms with Gasteiger partial charge in [0, 0.05) is 16.8 Å². The summed E-state index contributed by atoms with van der Waals surface area (Å²) in [6, 6.07) is 8.67. The minimum Gasteiger partial charge on any atom is -0.487 e. The third kappa shape index (κ3) is 3.25. The van der Waals surface area contributed by atoms with Crippen LogP contribution in [-0.2, 0) is 6.61 Å². The third-order valence-electron chi connectivity index (χ3n) is 2.14. The van der Waals surface area contributed by atoms with Gasteiger partial charge in [0.1, 0.15) is 18.2 Å². The van der Waals surface area contributed by atoms with Gasteiger partial charge in [0.25, 0.3) is 0 Å². The molecule has 0 saturated heterocycles. The van der Waals surface area contributed by atoms with Gasteiger partial charge in [0.15, 0.2) is 0 Å². The fraction of sp³-hybridized carbons (Fsp3) is 0.0833. The summed E-state index contributed by atoms with van der Waals surface area (Å²) >= 11 is 11.8. The summed E-state index contributed by atoms with van der Waals surface area (Å²) in [5.41, 5.74) is 6.41. The number of hydrogen-bond acceptors (Lipinski definition) is 3. The SMILES string of the molecule is Nc1ccc(COc2ccc(Cl)cc2Cl)cn1. The molecule has 2 N–H and O–H groups in total. The number of nitrogens with two attached hydrogens (primary N) is 1. The largest absolute Gasteiger partial charge is 0.487 e. The van der Waals surface area contributed by atoms with Gasteiger partial charge in [0.2, 0.25) is 0 Å². The van der Waals surface area contributed by atoms with Crippen LogP contribution in [0.15, 0.2) is 36.5 Å². The Morgan fingerprint density at radius 3 is 2.65 bits per heavy atom. The molecule has 0 saturated carbocycles. The molecule has 1 heterocycles. The van der Waals surface area contributed by atoms with Gasteiger partial charge in [-0.25, -0.2) is 4.98 Å². The quantitative estimate of drug-likeness (QED) is 0.926. The van der Waals surface area contributed by atoms with Crippen molar-refractivity contribution >= 4 is 29.0 Å². The minimum atomic E-state index is 0.384. The number of benzene rings is 1. The Kier molecular flexibility index (Phi) is 3.71. The van der Waals surface area contributed by atoms with Gasteiger partial charge in [0.05, 0.1) is 5.02 Å². The molecule has 88 valence electrons. The predicted octanol–water partition coefficient (Wildman–Crippen LogP) is 3.55. The molecular weight excluding hydrogens is 259 g/mol. The second kappa shape index (κ2) is 5.25. The van der Waals surface area contributed by atoms with E-state index in [0.717, 1.165) is 5.56 Å². The molecule has 0 atom stereocenters. The van der Waals surface area contributed by atoms with Crippen molar-refractivity contribution in [2.45, 2.75) is 6.61 Å². The number of nitrogens with zero attached hydrogens (tertiary/aromatic N) is 1. The van der Waals surface area contributed by atoms with Crippen LogP contribution in [-0.4, -0.2) is 4.98 Å². The van der Waals surface area contributed by atoms with Crippen LogP contribution in [0.4, 0.5) is 5.82 Å². The molecule has 0 fully saturated rings. The van der Waals surface area contributed by atoms with E-state index in [1.165, 1.54) is 0 Å². The summed E-state index contributed by atoms with van der Waals surface area (Å²) in [6.45, 7) is 0.384. The number of nitrogen functional groups attached to an aromatic ring is 1. The van der Waals surface area contributed by atoms with E-state index in [9.17, 15) is 0 Å². The zero-order valence-corrected chi connectivity index (χ0v) is 10.4. The summed E-state index contributed by atoms with van der Waals surface area (Å²) in [5, 5.41) is 1.07. The fourth-order valence-corrected chi connectivity index (χ4v) is 1.74. The maximum atomic E-state index is 5.98. The van der Waals surface area contributed by atoms with E-state index in [-0.39, 0.29) is 0 Å². The molecule has 0 aliphatic heterocycles. The molecule has 0 radical (unpaired) electrons. The highest BCUT2D eigenvalue weighted by atomic mass is 35.5. The van der Waals surface area contributed by atoms with E-state index in [1.807, 2.05) is 6.07 Å². The van der Waals surface area contributed by atoms with Gasteiger partial charge < -0.3 is 10.5 Å². The number of hydrogen-bond donors (Lipinski definition) is 1. The van der Waals surface area contributed by atoms with Crippen LogP contribution in [0.2, 0.25) is 10.0 Å². The van der Waals surface area contributed by atoms with E-state index in [1.54, 1.807) is 30.5 Å². The number of ether oxygens (including phenoxy) is 1. The molecule has 3 nitrogen and oxygen atoms in total. The zero-order chi connectivity index (χ0) is 12.3. The smallest absolute Gasteiger partial charge is 0.138 e. The van der Waals surface area contributed by atoms with Crippen LogP contribution in [0, 0.1) is 0 Å². The van der Waals surface area contributed by atoms with Crippen LogP contribution in [0.1, 0.15) is 5.56 Å². The molecule has 1 aromatic carbocycles. The molecule has 2 rings (SSSR count). The molecule has 2 aromatic rings. The van der Waals surface area contributed by atoms with E-state index in [4.69, 9.17) is 33.7 Å². The highest BCUT2D eigenvalue weighted by Crippen LogP contribution is 2.28. The molecule has 0 unspecified atom stereocenters. The van der Waals surface area contributed by atoms with E-state index in [0.29, 0.717) is 28.2 Å². The van der Waals surface area contributed by atoms with Crippen molar-refractivity contribution in [1.82, 2.24) is 4.98 Å². The van der Waals surface area contributed by atoms with Crippen molar-refractivity contribution in [2.24, 2.45) is 0 Å². The second-order valence-corrected chi connectivity index (χ2v) is 4.30. The highest BCUT2D eigenvalue weighted by Gasteiger charge is 2.02. The molecule has 0 aliphatic rings. The summed E-state index contributed by atoms with van der Waals surface area (Å²) < 4.78 is 5.55. The summed E-state index contributed by atoms with van der Waals surface area (Å²) in [4.78, 5) is 3.97. The first-order chi connectivity index (χ1) is 8.15. The van der Waals surface area contributed by atoms with Gasteiger partial charge in [-0.2, -0.15) is 0 Å². The van der Waals surface area contributed by atoms with Crippen molar-refractivity contribution in [3.8, 4) is 5.75 Å². The average molecular weight is 269 g/mol. The zero-order valence-electron chi connectivity index (χ0n) is 8.86. The highest BCUT2D eigenvalue weighted by molar-refractivity contribution is 6.35. The topological polar surface area (TPSA) is 48.1 Å². The standard InChI is InChI=1S/C12H10Cl2N2O/c13-9-2-3-11(10(14)5-9)17-7-8-1-4-12(15)16-6-8/h1-6H,7H2,(H2,15,16). The summed E-state index contributed by atoms with van der Waals surface area (Å²) in [5.74, 6) is 1.08. The Balaban J connectivity index is 2.04. The Hall–Kier alpha value is -1.45. The van der Waals surface area contributed by atoms with Crippen LogP contribution in [0.25, 0.3) is 0 Å². The van der Waals surface area contributed by atoms with Crippen LogP contribution in [0.5, 0.6) is 5.75 Å². The molecule has 0 spiro atoms. The van der Waals surface area contributed by atoms with Crippen LogP contribution < -0.4 is 10.5 Å². The predicted molar refractivity (Wildman–Crippen MR) is 69.4 cm³/mol. The third-order valence-corrected chi connectivity index (χ3v) is 2.67. The molecule has 0 bridgehead atoms. The minimum absolute atomic E-state index is 0.384. The first-order valence-electron chi connectivity index (χ1n) is 4.93. The van der Waals surface area contributed by atoms with E-state index in [2.05, 4.69) is 4.98 Å². The number of pyridine rings is 1. The normalized spacial score (nSPS) is 10.2. The van der Waals surface area contributed by atoms with Crippen LogP contribution >= 0.6 is 23.2 Å². The number of rotatable bonds is 3. The lowest BCUT2D eigenvalue weighted by Gasteiger charge is -2.08. The monoisotopic (exact) mass is 268 g/mol. The molecule has 0 aliphatic carbocycles. The van der Waals surface area contributed by atoms with Crippen molar-refractivity contribution in [3.63, 3.8) is 0 Å². The molecular formula is C12H10Cl2N2O. The second-order valence-electron chi connectivity index (χ2n) is 3.45. The average Bonchev–Trinajstić information content (AvgIpc) is 2.30. The Labute approximate surface area is 109 Å². The first-order valence-corrected chi connectivity index (χ1v) is 5.69. The van der Waals surface area contributed by atoms with Crippen LogP contribution in [0.3, 0.4) is 0 Å². The molecule has 1 aromatic heterocycles. The van der Waals surface area contributed by atoms with Gasteiger partial charge in [-0.15, -0.1) is 0 Å². The fourth-order valence-electron chi connectivity index (χ4n) is 1.27. The Morgan fingerprint density at radius 1 is 1.18 bits per heavy atom. The number of aromatic nitrogens is 1. The van der Waals surface area contributed by atoms with E-state index >= 15 is 0 Å². The summed E-state index contributed by atoms with van der Waals surface area (Å²) in [6.07, 6.45) is 1.67.